The lowest BCUT2D eigenvalue weighted by Gasteiger charge is -2.25. The summed E-state index contributed by atoms with van der Waals surface area (Å²) in [5, 5.41) is 2.62. The minimum atomic E-state index is -0.911. The van der Waals surface area contributed by atoms with E-state index in [1.54, 1.807) is 20.8 Å². The highest BCUT2D eigenvalue weighted by Gasteiger charge is 2.38. The molecule has 1 N–H and O–H groups in total. The molecule has 1 fully saturated rings. The first kappa shape index (κ1) is 26.3. The van der Waals surface area contributed by atoms with Crippen molar-refractivity contribution in [3.05, 3.63) is 35.9 Å². The molecule has 9 heteroatoms. The molecule has 2 rings (SSSR count). The number of carbonyl (C=O) groups excluding carboxylic acids is 4. The van der Waals surface area contributed by atoms with Crippen LogP contribution in [-0.4, -0.2) is 66.1 Å². The van der Waals surface area contributed by atoms with E-state index in [1.807, 2.05) is 44.2 Å². The third-order valence-electron chi connectivity index (χ3n) is 4.74. The van der Waals surface area contributed by atoms with E-state index in [2.05, 4.69) is 5.32 Å². The van der Waals surface area contributed by atoms with Gasteiger partial charge in [0.25, 0.3) is 0 Å². The van der Waals surface area contributed by atoms with Crippen molar-refractivity contribution in [2.75, 3.05) is 19.7 Å². The molecule has 1 aromatic carbocycles. The van der Waals surface area contributed by atoms with E-state index >= 15 is 0 Å². The highest BCUT2D eigenvalue weighted by molar-refractivity contribution is 5.95. The van der Waals surface area contributed by atoms with Crippen molar-refractivity contribution in [3.63, 3.8) is 0 Å². The number of hydrogen-bond donors (Lipinski definition) is 1. The lowest BCUT2D eigenvalue weighted by Crippen LogP contribution is -2.49. The first-order valence-corrected chi connectivity index (χ1v) is 11.1. The second-order valence-electron chi connectivity index (χ2n) is 9.46. The molecule has 2 atom stereocenters. The number of Topliss-reactive ketones (excluding diaryl/α,β-unsaturated/α-hetero) is 1. The predicted molar refractivity (Wildman–Crippen MR) is 120 cm³/mol. The normalized spacial score (nSPS) is 17.1. The third-order valence-corrected chi connectivity index (χ3v) is 4.74. The molecular formula is C24H34N2O7. The Hall–Kier alpha value is -2.94. The number of ether oxygens (including phenoxy) is 3. The van der Waals surface area contributed by atoms with Crippen LogP contribution in [-0.2, 0) is 35.2 Å². The maximum Gasteiger partial charge on any atom is 0.408 e. The zero-order valence-corrected chi connectivity index (χ0v) is 20.0. The standard InChI is InChI=1S/C24H34N2O7/c1-16(2)11-18(25-23(30)32-14-17-9-7-6-8-10-17)22(29)26-12-19(27)20(13-26)31-15-21(28)33-24(3,4)5/h6-10,16,18,20H,11-15H2,1-5H3,(H,25,30)/t18-,20?/m0/s1. The van der Waals surface area contributed by atoms with Gasteiger partial charge in [-0.2, -0.15) is 0 Å². The summed E-state index contributed by atoms with van der Waals surface area (Å²) in [6.07, 6.45) is -1.24. The fourth-order valence-corrected chi connectivity index (χ4v) is 3.33. The molecule has 1 aromatic rings. The van der Waals surface area contributed by atoms with Crippen LogP contribution >= 0.6 is 0 Å². The number of nitrogens with zero attached hydrogens (tertiary/aromatic N) is 1. The second kappa shape index (κ2) is 11.8. The molecule has 0 saturated carbocycles. The maximum atomic E-state index is 13.1. The molecule has 1 aliphatic rings. The average Bonchev–Trinajstić information content (AvgIpc) is 3.09. The molecule has 0 aromatic heterocycles. The summed E-state index contributed by atoms with van der Waals surface area (Å²) >= 11 is 0. The molecule has 33 heavy (non-hydrogen) atoms. The highest BCUT2D eigenvalue weighted by atomic mass is 16.6. The molecule has 9 nitrogen and oxygen atoms in total. The Labute approximate surface area is 194 Å². The fourth-order valence-electron chi connectivity index (χ4n) is 3.33. The number of amides is 2. The van der Waals surface area contributed by atoms with Gasteiger partial charge in [-0.3, -0.25) is 9.59 Å². The van der Waals surface area contributed by atoms with Crippen LogP contribution < -0.4 is 5.32 Å². The molecule has 1 unspecified atom stereocenters. The van der Waals surface area contributed by atoms with Crippen molar-refractivity contribution < 1.29 is 33.4 Å². The number of rotatable bonds is 9. The van der Waals surface area contributed by atoms with E-state index in [4.69, 9.17) is 14.2 Å². The average molecular weight is 463 g/mol. The van der Waals surface area contributed by atoms with Gasteiger partial charge in [-0.1, -0.05) is 44.2 Å². The number of likely N-dealkylation sites (tertiary alicyclic amines) is 1. The van der Waals surface area contributed by atoms with Crippen molar-refractivity contribution in [1.29, 1.82) is 0 Å². The Morgan fingerprint density at radius 2 is 1.82 bits per heavy atom. The Morgan fingerprint density at radius 3 is 2.42 bits per heavy atom. The van der Waals surface area contributed by atoms with Gasteiger partial charge < -0.3 is 24.4 Å². The SMILES string of the molecule is CC(C)C[C@H](NC(=O)OCc1ccccc1)C(=O)N1CC(=O)C(OCC(=O)OC(C)(C)C)C1. The van der Waals surface area contributed by atoms with E-state index in [1.165, 1.54) is 4.90 Å². The number of benzene rings is 1. The quantitative estimate of drug-likeness (QED) is 0.561. The van der Waals surface area contributed by atoms with Crippen molar-refractivity contribution in [1.82, 2.24) is 10.2 Å². The molecule has 0 radical (unpaired) electrons. The monoisotopic (exact) mass is 462 g/mol. The summed E-state index contributed by atoms with van der Waals surface area (Å²) < 4.78 is 15.8. The van der Waals surface area contributed by atoms with Crippen molar-refractivity contribution in [2.24, 2.45) is 5.92 Å². The predicted octanol–water partition coefficient (Wildman–Crippen LogP) is 2.47. The first-order valence-electron chi connectivity index (χ1n) is 11.1. The second-order valence-corrected chi connectivity index (χ2v) is 9.46. The van der Waals surface area contributed by atoms with Crippen molar-refractivity contribution >= 4 is 23.8 Å². The van der Waals surface area contributed by atoms with Gasteiger partial charge in [-0.05, 0) is 38.7 Å². The van der Waals surface area contributed by atoms with Crippen LogP contribution in [0.5, 0.6) is 0 Å². The lowest BCUT2D eigenvalue weighted by atomic mass is 10.0. The van der Waals surface area contributed by atoms with Gasteiger partial charge in [0.2, 0.25) is 5.91 Å². The molecule has 1 aliphatic heterocycles. The number of hydrogen-bond acceptors (Lipinski definition) is 7. The minimum absolute atomic E-state index is 0.00972. The summed E-state index contributed by atoms with van der Waals surface area (Å²) in [5.74, 6) is -1.16. The summed E-state index contributed by atoms with van der Waals surface area (Å²) in [6, 6.07) is 8.36. The van der Waals surface area contributed by atoms with Crippen LogP contribution in [0.15, 0.2) is 30.3 Å². The highest BCUT2D eigenvalue weighted by Crippen LogP contribution is 2.16. The number of alkyl carbamates (subject to hydrolysis) is 1. The van der Waals surface area contributed by atoms with Crippen molar-refractivity contribution in [2.45, 2.75) is 65.4 Å². The summed E-state index contributed by atoms with van der Waals surface area (Å²) in [5.41, 5.74) is 0.169. The van der Waals surface area contributed by atoms with Gasteiger partial charge in [-0.15, -0.1) is 0 Å². The molecule has 0 spiro atoms. The topological polar surface area (TPSA) is 111 Å². The van der Waals surface area contributed by atoms with Crippen LogP contribution in [0.2, 0.25) is 0 Å². The Balaban J connectivity index is 1.91. The van der Waals surface area contributed by atoms with E-state index in [-0.39, 0.29) is 38.0 Å². The van der Waals surface area contributed by atoms with E-state index in [0.29, 0.717) is 6.42 Å². The van der Waals surface area contributed by atoms with Gasteiger partial charge >= 0.3 is 12.1 Å². The molecule has 182 valence electrons. The summed E-state index contributed by atoms with van der Waals surface area (Å²) in [7, 11) is 0. The van der Waals surface area contributed by atoms with Gasteiger partial charge in [0.15, 0.2) is 5.78 Å². The Bertz CT molecular complexity index is 833. The maximum absolute atomic E-state index is 13.1. The van der Waals surface area contributed by atoms with Crippen LogP contribution in [0.4, 0.5) is 4.79 Å². The fraction of sp³-hybridized carbons (Fsp3) is 0.583. The number of esters is 1. The van der Waals surface area contributed by atoms with Crippen LogP contribution in [0.1, 0.15) is 46.6 Å². The zero-order chi connectivity index (χ0) is 24.6. The smallest absolute Gasteiger partial charge is 0.408 e. The zero-order valence-electron chi connectivity index (χ0n) is 20.0. The van der Waals surface area contributed by atoms with E-state index < -0.39 is 35.7 Å². The number of carbonyl (C=O) groups is 4. The molecule has 2 amide bonds. The molecule has 0 aliphatic carbocycles. The molecular weight excluding hydrogens is 428 g/mol. The van der Waals surface area contributed by atoms with Crippen LogP contribution in [0.25, 0.3) is 0 Å². The first-order chi connectivity index (χ1) is 15.4. The number of nitrogens with one attached hydrogen (secondary N) is 1. The van der Waals surface area contributed by atoms with Crippen LogP contribution in [0.3, 0.4) is 0 Å². The Morgan fingerprint density at radius 1 is 1.15 bits per heavy atom. The van der Waals surface area contributed by atoms with Crippen molar-refractivity contribution in [3.8, 4) is 0 Å². The summed E-state index contributed by atoms with van der Waals surface area (Å²) in [4.78, 5) is 50.9. The largest absolute Gasteiger partial charge is 0.458 e. The summed E-state index contributed by atoms with van der Waals surface area (Å²) in [6.45, 7) is 8.63. The Kier molecular flexibility index (Phi) is 9.40. The molecule has 1 saturated heterocycles. The van der Waals surface area contributed by atoms with Gasteiger partial charge in [0.1, 0.15) is 31.0 Å². The molecule has 0 bridgehead atoms. The number of ketones is 1. The van der Waals surface area contributed by atoms with Crippen LogP contribution in [0, 0.1) is 5.92 Å². The van der Waals surface area contributed by atoms with E-state index in [0.717, 1.165) is 5.56 Å². The van der Waals surface area contributed by atoms with Gasteiger partial charge in [0.05, 0.1) is 13.1 Å². The lowest BCUT2D eigenvalue weighted by molar-refractivity contribution is -0.162. The van der Waals surface area contributed by atoms with Gasteiger partial charge in [-0.25, -0.2) is 9.59 Å². The minimum Gasteiger partial charge on any atom is -0.458 e. The van der Waals surface area contributed by atoms with E-state index in [9.17, 15) is 19.2 Å². The van der Waals surface area contributed by atoms with Gasteiger partial charge in [0, 0.05) is 0 Å². The molecule has 1 heterocycles. The third kappa shape index (κ3) is 9.21.